The third-order valence-corrected chi connectivity index (χ3v) is 5.49. The molecule has 2 heterocycles. The first-order valence-corrected chi connectivity index (χ1v) is 9.33. The summed E-state index contributed by atoms with van der Waals surface area (Å²) < 4.78 is 1.96. The summed E-state index contributed by atoms with van der Waals surface area (Å²) in [6.45, 7) is 2.06. The lowest BCUT2D eigenvalue weighted by atomic mass is 9.95. The molecule has 0 aliphatic heterocycles. The maximum Gasteiger partial charge on any atom is 0.164 e. The highest BCUT2D eigenvalue weighted by Gasteiger charge is 2.25. The monoisotopic (exact) mass is 359 g/mol. The van der Waals surface area contributed by atoms with Crippen molar-refractivity contribution in [1.82, 2.24) is 14.8 Å². The Morgan fingerprint density at radius 2 is 1.73 bits per heavy atom. The number of pyridine rings is 1. The van der Waals surface area contributed by atoms with Crippen molar-refractivity contribution in [2.24, 2.45) is 0 Å². The normalized spacial score (nSPS) is 13.3. The van der Waals surface area contributed by atoms with Gasteiger partial charge in [0.25, 0.3) is 0 Å². The fourth-order valence-electron chi connectivity index (χ4n) is 4.02. The Morgan fingerprint density at radius 3 is 2.54 bits per heavy atom. The smallest absolute Gasteiger partial charge is 0.164 e. The number of aromatic nitrogens is 3. The molecular formula is C22H18ClN3. The number of hydrogen-bond acceptors (Lipinski definition) is 2. The highest BCUT2D eigenvalue weighted by Crippen LogP contribution is 2.41. The van der Waals surface area contributed by atoms with E-state index in [0.29, 0.717) is 0 Å². The van der Waals surface area contributed by atoms with Crippen LogP contribution in [0.15, 0.2) is 54.6 Å². The average Bonchev–Trinajstić information content (AvgIpc) is 3.26. The summed E-state index contributed by atoms with van der Waals surface area (Å²) >= 11 is 6.59. The zero-order valence-electron chi connectivity index (χ0n) is 14.5. The van der Waals surface area contributed by atoms with E-state index in [9.17, 15) is 0 Å². The van der Waals surface area contributed by atoms with Gasteiger partial charge in [0, 0.05) is 21.8 Å². The molecule has 0 saturated heterocycles. The molecule has 4 aromatic rings. The van der Waals surface area contributed by atoms with E-state index in [0.717, 1.165) is 52.3 Å². The molecule has 0 unspecified atom stereocenters. The van der Waals surface area contributed by atoms with Crippen molar-refractivity contribution in [1.29, 1.82) is 0 Å². The standard InChI is InChI=1S/C22H18ClN3/c1-14-20-21(16-10-5-6-12-18(16)23)17-11-7-13-19(17)24-22(20)26(25-14)15-8-3-2-4-9-15/h2-6,8-10,12H,7,11,13H2,1H3. The topological polar surface area (TPSA) is 30.7 Å². The molecule has 2 aromatic carbocycles. The second-order valence-corrected chi connectivity index (χ2v) is 7.18. The molecule has 0 bridgehead atoms. The van der Waals surface area contributed by atoms with Crippen molar-refractivity contribution >= 4 is 22.6 Å². The van der Waals surface area contributed by atoms with Gasteiger partial charge in [-0.05, 0) is 49.9 Å². The van der Waals surface area contributed by atoms with Crippen molar-refractivity contribution in [3.63, 3.8) is 0 Å². The van der Waals surface area contributed by atoms with Crippen LogP contribution >= 0.6 is 11.6 Å². The number of para-hydroxylation sites is 1. The summed E-state index contributed by atoms with van der Waals surface area (Å²) in [5, 5.41) is 6.72. The molecule has 3 nitrogen and oxygen atoms in total. The fourth-order valence-corrected chi connectivity index (χ4v) is 4.25. The second kappa shape index (κ2) is 5.96. The van der Waals surface area contributed by atoms with Gasteiger partial charge < -0.3 is 0 Å². The van der Waals surface area contributed by atoms with Crippen LogP contribution < -0.4 is 0 Å². The van der Waals surface area contributed by atoms with Crippen LogP contribution in [0.25, 0.3) is 27.8 Å². The van der Waals surface area contributed by atoms with Crippen molar-refractivity contribution in [2.45, 2.75) is 26.2 Å². The lowest BCUT2D eigenvalue weighted by molar-refractivity contribution is 0.866. The van der Waals surface area contributed by atoms with Gasteiger partial charge in [0.2, 0.25) is 0 Å². The van der Waals surface area contributed by atoms with Crippen LogP contribution in [-0.2, 0) is 12.8 Å². The number of nitrogens with zero attached hydrogens (tertiary/aromatic N) is 3. The second-order valence-electron chi connectivity index (χ2n) is 6.78. The Kier molecular flexibility index (Phi) is 3.57. The minimum atomic E-state index is 0.779. The number of fused-ring (bicyclic) bond motifs is 2. The van der Waals surface area contributed by atoms with Crippen LogP contribution in [0.5, 0.6) is 0 Å². The Morgan fingerprint density at radius 1 is 0.962 bits per heavy atom. The van der Waals surface area contributed by atoms with Crippen molar-refractivity contribution in [3.8, 4) is 16.8 Å². The van der Waals surface area contributed by atoms with E-state index in [4.69, 9.17) is 21.7 Å². The molecular weight excluding hydrogens is 342 g/mol. The summed E-state index contributed by atoms with van der Waals surface area (Å²) in [5.41, 5.74) is 7.75. The molecule has 0 fully saturated rings. The molecule has 128 valence electrons. The van der Waals surface area contributed by atoms with Crippen molar-refractivity contribution in [2.75, 3.05) is 0 Å². The van der Waals surface area contributed by atoms with Crippen LogP contribution in [0.3, 0.4) is 0 Å². The van der Waals surface area contributed by atoms with Gasteiger partial charge in [-0.15, -0.1) is 0 Å². The SMILES string of the molecule is Cc1nn(-c2ccccc2)c2nc3c(c(-c4ccccc4Cl)c12)CCC3. The molecule has 0 N–H and O–H groups in total. The van der Waals surface area contributed by atoms with Crippen LogP contribution in [-0.4, -0.2) is 14.8 Å². The molecule has 0 radical (unpaired) electrons. The third kappa shape index (κ3) is 2.27. The van der Waals surface area contributed by atoms with E-state index in [2.05, 4.69) is 25.1 Å². The minimum absolute atomic E-state index is 0.779. The van der Waals surface area contributed by atoms with Crippen LogP contribution in [0, 0.1) is 6.92 Å². The predicted octanol–water partition coefficient (Wildman–Crippen LogP) is 5.54. The third-order valence-electron chi connectivity index (χ3n) is 5.16. The number of hydrogen-bond donors (Lipinski definition) is 0. The molecule has 1 aliphatic carbocycles. The number of aryl methyl sites for hydroxylation is 2. The maximum absolute atomic E-state index is 6.59. The van der Waals surface area contributed by atoms with Crippen LogP contribution in [0.4, 0.5) is 0 Å². The number of rotatable bonds is 2. The summed E-state index contributed by atoms with van der Waals surface area (Å²) in [6.07, 6.45) is 3.21. The number of halogens is 1. The van der Waals surface area contributed by atoms with Crippen LogP contribution in [0.1, 0.15) is 23.4 Å². The van der Waals surface area contributed by atoms with Gasteiger partial charge in [-0.25, -0.2) is 9.67 Å². The van der Waals surface area contributed by atoms with E-state index >= 15 is 0 Å². The van der Waals surface area contributed by atoms with Crippen molar-refractivity contribution in [3.05, 3.63) is 76.6 Å². The minimum Gasteiger partial charge on any atom is -0.233 e. The van der Waals surface area contributed by atoms with Gasteiger partial charge >= 0.3 is 0 Å². The van der Waals surface area contributed by atoms with Gasteiger partial charge in [-0.3, -0.25) is 0 Å². The first kappa shape index (κ1) is 15.6. The molecule has 26 heavy (non-hydrogen) atoms. The van der Waals surface area contributed by atoms with E-state index in [-0.39, 0.29) is 0 Å². The molecule has 0 atom stereocenters. The average molecular weight is 360 g/mol. The maximum atomic E-state index is 6.59. The summed E-state index contributed by atoms with van der Waals surface area (Å²) in [4.78, 5) is 5.03. The van der Waals surface area contributed by atoms with Crippen LogP contribution in [0.2, 0.25) is 5.02 Å². The largest absolute Gasteiger partial charge is 0.233 e. The van der Waals surface area contributed by atoms with Gasteiger partial charge in [0.15, 0.2) is 5.65 Å². The van der Waals surface area contributed by atoms with Gasteiger partial charge in [-0.2, -0.15) is 5.10 Å². The van der Waals surface area contributed by atoms with Gasteiger partial charge in [0.1, 0.15) is 0 Å². The summed E-state index contributed by atoms with van der Waals surface area (Å²) in [7, 11) is 0. The first-order chi connectivity index (χ1) is 12.7. The first-order valence-electron chi connectivity index (χ1n) is 8.95. The molecule has 5 rings (SSSR count). The molecule has 1 aliphatic rings. The van der Waals surface area contributed by atoms with E-state index < -0.39 is 0 Å². The van der Waals surface area contributed by atoms with Crippen molar-refractivity contribution < 1.29 is 0 Å². The quantitative estimate of drug-likeness (QED) is 0.470. The number of benzene rings is 2. The van der Waals surface area contributed by atoms with E-state index in [1.807, 2.05) is 41.1 Å². The Labute approximate surface area is 157 Å². The van der Waals surface area contributed by atoms with Gasteiger partial charge in [0.05, 0.1) is 16.8 Å². The highest BCUT2D eigenvalue weighted by molar-refractivity contribution is 6.33. The Balaban J connectivity index is 1.91. The van der Waals surface area contributed by atoms with E-state index in [1.165, 1.54) is 16.8 Å². The van der Waals surface area contributed by atoms with E-state index in [1.54, 1.807) is 0 Å². The van der Waals surface area contributed by atoms with Gasteiger partial charge in [-0.1, -0.05) is 48.0 Å². The zero-order valence-corrected chi connectivity index (χ0v) is 15.3. The zero-order chi connectivity index (χ0) is 17.7. The molecule has 4 heteroatoms. The predicted molar refractivity (Wildman–Crippen MR) is 106 cm³/mol. The highest BCUT2D eigenvalue weighted by atomic mass is 35.5. The lowest BCUT2D eigenvalue weighted by Crippen LogP contribution is -2.00. The summed E-state index contributed by atoms with van der Waals surface area (Å²) in [6, 6.07) is 18.3. The molecule has 0 saturated carbocycles. The molecule has 2 aromatic heterocycles. The fraction of sp³-hybridized carbons (Fsp3) is 0.182. The lowest BCUT2D eigenvalue weighted by Gasteiger charge is -2.13. The molecule has 0 spiro atoms. The Hall–Kier alpha value is -2.65. The summed E-state index contributed by atoms with van der Waals surface area (Å²) in [5.74, 6) is 0. The Bertz CT molecular complexity index is 1130. The molecule has 0 amide bonds.